The van der Waals surface area contributed by atoms with E-state index in [1.54, 1.807) is 0 Å². The first-order chi connectivity index (χ1) is 12.2. The number of fused-ring (bicyclic) bond motifs is 1. The van der Waals surface area contributed by atoms with Gasteiger partial charge in [0.25, 0.3) is 0 Å². The van der Waals surface area contributed by atoms with E-state index in [4.69, 9.17) is 14.2 Å². The Kier molecular flexibility index (Phi) is 6.33. The van der Waals surface area contributed by atoms with Crippen molar-refractivity contribution in [2.45, 2.75) is 32.1 Å². The summed E-state index contributed by atoms with van der Waals surface area (Å²) >= 11 is 1.21. The van der Waals surface area contributed by atoms with Gasteiger partial charge in [0, 0.05) is 6.42 Å². The summed E-state index contributed by atoms with van der Waals surface area (Å²) in [5.41, 5.74) is 1.07. The van der Waals surface area contributed by atoms with Gasteiger partial charge in [-0.25, -0.2) is 0 Å². The van der Waals surface area contributed by atoms with E-state index in [0.717, 1.165) is 31.2 Å². The van der Waals surface area contributed by atoms with Crippen molar-refractivity contribution < 1.29 is 19.0 Å². The molecule has 0 amide bonds. The first-order valence-electron chi connectivity index (χ1n) is 8.43. The van der Waals surface area contributed by atoms with Crippen molar-refractivity contribution in [3.8, 4) is 0 Å². The minimum Gasteiger partial charge on any atom is -0.481 e. The van der Waals surface area contributed by atoms with E-state index in [-0.39, 0.29) is 6.42 Å². The number of rotatable bonds is 8. The molecule has 1 N–H and O–H groups in total. The Morgan fingerprint density at radius 2 is 1.88 bits per heavy atom. The Balaban J connectivity index is 1.45. The van der Waals surface area contributed by atoms with Crippen LogP contribution < -0.4 is 0 Å². The van der Waals surface area contributed by atoms with Crippen LogP contribution in [0.25, 0.3) is 16.8 Å². The van der Waals surface area contributed by atoms with Crippen molar-refractivity contribution in [2.75, 3.05) is 6.54 Å². The van der Waals surface area contributed by atoms with Gasteiger partial charge in [0.1, 0.15) is 0 Å². The molecule has 0 aliphatic carbocycles. The molecule has 132 valence electrons. The molecule has 5 nitrogen and oxygen atoms in total. The fraction of sp³-hybridized carbons (Fsp3) is 0.316. The van der Waals surface area contributed by atoms with E-state index in [2.05, 4.69) is 30.3 Å². The lowest BCUT2D eigenvalue weighted by Gasteiger charge is -2.09. The third-order valence-electron chi connectivity index (χ3n) is 3.93. The molecule has 0 saturated carbocycles. The molecular formula is C19H21NO4S. The number of aliphatic carboxylic acids is 1. The number of nitrogens with zero attached hydrogens (tertiary/aromatic N) is 1. The van der Waals surface area contributed by atoms with E-state index >= 15 is 0 Å². The lowest BCUT2D eigenvalue weighted by atomic mass is 10.1. The Bertz CT molecular complexity index is 762. The Labute approximate surface area is 151 Å². The maximum atomic E-state index is 10.4. The molecule has 0 spiro atoms. The molecular weight excluding hydrogens is 338 g/mol. The molecule has 3 rings (SSSR count). The normalized spacial score (nSPS) is 16.4. The number of hydroxylamine groups is 2. The van der Waals surface area contributed by atoms with Crippen LogP contribution in [0, 0.1) is 0 Å². The number of carboxylic acid groups (broad SMARTS) is 1. The minimum absolute atomic E-state index is 0.241. The van der Waals surface area contributed by atoms with Crippen LogP contribution in [0.1, 0.15) is 37.7 Å². The average Bonchev–Trinajstić information content (AvgIpc) is 3.05. The molecule has 1 aliphatic rings. The third kappa shape index (κ3) is 5.49. The van der Waals surface area contributed by atoms with Gasteiger partial charge in [-0.2, -0.15) is 4.28 Å². The van der Waals surface area contributed by atoms with Gasteiger partial charge in [-0.1, -0.05) is 49.2 Å². The van der Waals surface area contributed by atoms with Gasteiger partial charge in [0.05, 0.1) is 18.6 Å². The van der Waals surface area contributed by atoms with Crippen molar-refractivity contribution in [1.82, 2.24) is 5.23 Å². The van der Waals surface area contributed by atoms with Crippen molar-refractivity contribution in [3.63, 3.8) is 0 Å². The lowest BCUT2D eigenvalue weighted by Crippen LogP contribution is -2.16. The number of unbranched alkanes of at least 4 members (excludes halogenated alkanes) is 3. The monoisotopic (exact) mass is 359 g/mol. The Morgan fingerprint density at radius 3 is 2.72 bits per heavy atom. The molecule has 1 heterocycles. The number of hydrogen-bond donors (Lipinski definition) is 1. The first kappa shape index (κ1) is 17.8. The maximum absolute atomic E-state index is 10.4. The summed E-state index contributed by atoms with van der Waals surface area (Å²) in [6.45, 7) is 0.662. The predicted molar refractivity (Wildman–Crippen MR) is 99.1 cm³/mol. The van der Waals surface area contributed by atoms with Crippen LogP contribution in [0.4, 0.5) is 0 Å². The Hall–Kier alpha value is -2.02. The van der Waals surface area contributed by atoms with Crippen molar-refractivity contribution >= 4 is 34.9 Å². The van der Waals surface area contributed by atoms with Gasteiger partial charge in [0.2, 0.25) is 5.09 Å². The van der Waals surface area contributed by atoms with Crippen LogP contribution >= 0.6 is 12.0 Å². The lowest BCUT2D eigenvalue weighted by molar-refractivity contribution is -0.259. The standard InChI is InChI=1S/C19H21NO4S/c21-18(22)9-3-1-2-6-12-20-23-19(25-24-20)14-15-10-11-16-7-4-5-8-17(16)13-15/h4-5,7-8,10-11,13-14H,1-3,6,9,12H2,(H,21,22)/b19-14-. The summed E-state index contributed by atoms with van der Waals surface area (Å²) in [5, 5.41) is 13.2. The summed E-state index contributed by atoms with van der Waals surface area (Å²) in [4.78, 5) is 16.1. The molecule has 2 aromatic carbocycles. The van der Waals surface area contributed by atoms with Crippen LogP contribution in [-0.4, -0.2) is 22.8 Å². The zero-order valence-electron chi connectivity index (χ0n) is 13.9. The molecule has 6 heteroatoms. The van der Waals surface area contributed by atoms with Crippen LogP contribution in [0.15, 0.2) is 47.6 Å². The molecule has 0 bridgehead atoms. The molecule has 2 aromatic rings. The molecule has 1 aliphatic heterocycles. The van der Waals surface area contributed by atoms with Gasteiger partial charge in [-0.15, -0.1) is 0 Å². The summed E-state index contributed by atoms with van der Waals surface area (Å²) in [6.07, 6.45) is 5.70. The second-order valence-electron chi connectivity index (χ2n) is 5.93. The largest absolute Gasteiger partial charge is 0.481 e. The summed E-state index contributed by atoms with van der Waals surface area (Å²) in [7, 11) is 0. The van der Waals surface area contributed by atoms with Crippen molar-refractivity contribution in [3.05, 3.63) is 53.1 Å². The summed E-state index contributed by atoms with van der Waals surface area (Å²) in [5.74, 6) is -0.730. The minimum atomic E-state index is -0.730. The van der Waals surface area contributed by atoms with Crippen LogP contribution in [0.5, 0.6) is 0 Å². The highest BCUT2D eigenvalue weighted by Crippen LogP contribution is 2.32. The maximum Gasteiger partial charge on any atom is 0.303 e. The fourth-order valence-corrected chi connectivity index (χ4v) is 3.21. The van der Waals surface area contributed by atoms with E-state index in [1.165, 1.54) is 28.0 Å². The number of carbonyl (C=O) groups is 1. The average molecular weight is 359 g/mol. The number of hydrogen-bond acceptors (Lipinski definition) is 5. The predicted octanol–water partition coefficient (Wildman–Crippen LogP) is 5.00. The fourth-order valence-electron chi connectivity index (χ4n) is 2.65. The van der Waals surface area contributed by atoms with Crippen molar-refractivity contribution in [2.24, 2.45) is 0 Å². The van der Waals surface area contributed by atoms with E-state index in [0.29, 0.717) is 11.6 Å². The van der Waals surface area contributed by atoms with Crippen LogP contribution in [-0.2, 0) is 13.9 Å². The molecule has 0 atom stereocenters. The van der Waals surface area contributed by atoms with Gasteiger partial charge in [-0.3, -0.25) is 4.79 Å². The highest BCUT2D eigenvalue weighted by molar-refractivity contribution is 7.98. The highest BCUT2D eigenvalue weighted by atomic mass is 32.2. The molecule has 1 saturated heterocycles. The molecule has 25 heavy (non-hydrogen) atoms. The van der Waals surface area contributed by atoms with Crippen LogP contribution in [0.2, 0.25) is 0 Å². The molecule has 0 unspecified atom stereocenters. The van der Waals surface area contributed by atoms with Crippen LogP contribution in [0.3, 0.4) is 0 Å². The van der Waals surface area contributed by atoms with E-state index in [1.807, 2.05) is 18.2 Å². The SMILES string of the molecule is O=C(O)CCCCCCN1OS/C(=C\c2ccc3ccccc3c2)O1. The third-order valence-corrected chi connectivity index (χ3v) is 4.53. The second-order valence-corrected chi connectivity index (χ2v) is 6.65. The number of benzene rings is 2. The topological polar surface area (TPSA) is 59.0 Å². The first-order valence-corrected chi connectivity index (χ1v) is 9.17. The van der Waals surface area contributed by atoms with Gasteiger partial charge >= 0.3 is 5.97 Å². The number of carboxylic acids is 1. The van der Waals surface area contributed by atoms with Gasteiger partial charge in [0.15, 0.2) is 0 Å². The van der Waals surface area contributed by atoms with E-state index in [9.17, 15) is 4.79 Å². The molecule has 1 fully saturated rings. The summed E-state index contributed by atoms with van der Waals surface area (Å²) in [6, 6.07) is 14.5. The van der Waals surface area contributed by atoms with Gasteiger partial charge in [-0.05, 0) is 46.5 Å². The smallest absolute Gasteiger partial charge is 0.303 e. The van der Waals surface area contributed by atoms with Gasteiger partial charge < -0.3 is 9.94 Å². The summed E-state index contributed by atoms with van der Waals surface area (Å²) < 4.78 is 5.44. The Morgan fingerprint density at radius 1 is 1.08 bits per heavy atom. The second kappa shape index (κ2) is 8.89. The van der Waals surface area contributed by atoms with E-state index < -0.39 is 5.97 Å². The molecule has 0 aromatic heterocycles. The highest BCUT2D eigenvalue weighted by Gasteiger charge is 2.20. The zero-order valence-corrected chi connectivity index (χ0v) is 14.7. The zero-order chi connectivity index (χ0) is 17.5. The quantitative estimate of drug-likeness (QED) is 0.529. The van der Waals surface area contributed by atoms with Crippen molar-refractivity contribution in [1.29, 1.82) is 0 Å². The molecule has 0 radical (unpaired) electrons.